The van der Waals surface area contributed by atoms with Gasteiger partial charge in [-0.3, -0.25) is 20.5 Å². The monoisotopic (exact) mass is 595 g/mol. The third kappa shape index (κ3) is 7.36. The highest BCUT2D eigenvalue weighted by Gasteiger charge is 2.27. The van der Waals surface area contributed by atoms with Gasteiger partial charge in [0.25, 0.3) is 5.91 Å². The topological polar surface area (TPSA) is 120 Å². The molecular formula is C27H34BrN9O2. The van der Waals surface area contributed by atoms with Crippen LogP contribution in [0.2, 0.25) is 0 Å². The Morgan fingerprint density at radius 1 is 1.05 bits per heavy atom. The quantitative estimate of drug-likeness (QED) is 0.205. The lowest BCUT2D eigenvalue weighted by atomic mass is 10.0. The number of hydrazine groups is 1. The van der Waals surface area contributed by atoms with Crippen molar-refractivity contribution >= 4 is 56.5 Å². The summed E-state index contributed by atoms with van der Waals surface area (Å²) in [5, 5.41) is 6.40. The molecule has 1 amide bonds. The zero-order valence-corrected chi connectivity index (χ0v) is 24.2. The number of piperazine rings is 1. The number of aromatic nitrogens is 3. The summed E-state index contributed by atoms with van der Waals surface area (Å²) in [4.78, 5) is 29.7. The summed E-state index contributed by atoms with van der Waals surface area (Å²) in [5.74, 6) is 0.971. The van der Waals surface area contributed by atoms with Gasteiger partial charge in [-0.1, -0.05) is 28.6 Å². The van der Waals surface area contributed by atoms with Crippen LogP contribution < -0.4 is 31.1 Å². The third-order valence-corrected chi connectivity index (χ3v) is 6.78. The molecule has 206 valence electrons. The van der Waals surface area contributed by atoms with Crippen LogP contribution in [0.25, 0.3) is 0 Å². The third-order valence-electron chi connectivity index (χ3n) is 6.29. The van der Waals surface area contributed by atoms with E-state index in [4.69, 9.17) is 4.74 Å². The van der Waals surface area contributed by atoms with Crippen LogP contribution in [-0.4, -0.2) is 64.6 Å². The van der Waals surface area contributed by atoms with Crippen molar-refractivity contribution in [2.75, 3.05) is 54.2 Å². The van der Waals surface area contributed by atoms with Crippen LogP contribution >= 0.6 is 15.9 Å². The maximum absolute atomic E-state index is 11.9. The summed E-state index contributed by atoms with van der Waals surface area (Å²) in [5.41, 5.74) is 8.85. The van der Waals surface area contributed by atoms with Gasteiger partial charge in [0.2, 0.25) is 11.9 Å². The van der Waals surface area contributed by atoms with Crippen LogP contribution in [-0.2, 0) is 4.79 Å². The van der Waals surface area contributed by atoms with Crippen molar-refractivity contribution in [3.05, 3.63) is 59.9 Å². The molecule has 3 aromatic rings. The number of carbonyl (C=O) groups excluding carboxylic acids is 1. The van der Waals surface area contributed by atoms with Crippen molar-refractivity contribution in [1.82, 2.24) is 25.3 Å². The van der Waals surface area contributed by atoms with Crippen LogP contribution in [0, 0.1) is 0 Å². The zero-order valence-electron chi connectivity index (χ0n) is 22.6. The first-order valence-corrected chi connectivity index (χ1v) is 13.3. The SMILES string of the molecule is C=CC(=O)NNc1cc(Nc2ncnc(Nc3cccc(Br)c3)n2)c(OC)cc1N1CCN(C(C)(C)C)CC1. The maximum atomic E-state index is 11.9. The summed E-state index contributed by atoms with van der Waals surface area (Å²) in [6.45, 7) is 13.7. The summed E-state index contributed by atoms with van der Waals surface area (Å²) in [7, 11) is 1.61. The summed E-state index contributed by atoms with van der Waals surface area (Å²) in [6.07, 6.45) is 2.64. The minimum atomic E-state index is -0.343. The normalized spacial score (nSPS) is 13.9. The lowest BCUT2D eigenvalue weighted by Crippen LogP contribution is -2.53. The highest BCUT2D eigenvalue weighted by atomic mass is 79.9. The fourth-order valence-electron chi connectivity index (χ4n) is 4.23. The number of nitrogens with zero attached hydrogens (tertiary/aromatic N) is 5. The number of nitrogens with one attached hydrogen (secondary N) is 4. The Hall–Kier alpha value is -3.90. The minimum Gasteiger partial charge on any atom is -0.494 e. The number of carbonyl (C=O) groups is 1. The van der Waals surface area contributed by atoms with Crippen molar-refractivity contribution in [3.8, 4) is 5.75 Å². The first kappa shape index (κ1) is 28.1. The highest BCUT2D eigenvalue weighted by Crippen LogP contribution is 2.38. The number of benzene rings is 2. The molecule has 1 aliphatic rings. The number of hydrogen-bond donors (Lipinski definition) is 4. The number of halogens is 1. The summed E-state index contributed by atoms with van der Waals surface area (Å²) < 4.78 is 6.68. The Morgan fingerprint density at radius 2 is 1.77 bits per heavy atom. The lowest BCUT2D eigenvalue weighted by Gasteiger charge is -2.43. The van der Waals surface area contributed by atoms with Gasteiger partial charge in [-0.2, -0.15) is 4.98 Å². The van der Waals surface area contributed by atoms with Gasteiger partial charge in [-0.25, -0.2) is 9.97 Å². The predicted molar refractivity (Wildman–Crippen MR) is 159 cm³/mol. The molecule has 12 heteroatoms. The van der Waals surface area contributed by atoms with Gasteiger partial charge in [-0.05, 0) is 51.1 Å². The van der Waals surface area contributed by atoms with Crippen LogP contribution in [0.1, 0.15) is 20.8 Å². The molecule has 1 aliphatic heterocycles. The second-order valence-electron chi connectivity index (χ2n) is 9.93. The lowest BCUT2D eigenvalue weighted by molar-refractivity contribution is -0.116. The van der Waals surface area contributed by atoms with E-state index >= 15 is 0 Å². The van der Waals surface area contributed by atoms with Crippen molar-refractivity contribution < 1.29 is 9.53 Å². The first-order chi connectivity index (χ1) is 18.7. The van der Waals surface area contributed by atoms with E-state index in [0.29, 0.717) is 29.0 Å². The Kier molecular flexibility index (Phi) is 8.87. The van der Waals surface area contributed by atoms with E-state index in [9.17, 15) is 4.79 Å². The smallest absolute Gasteiger partial charge is 0.261 e. The van der Waals surface area contributed by atoms with Crippen molar-refractivity contribution in [2.45, 2.75) is 26.3 Å². The molecule has 0 unspecified atom stereocenters. The molecule has 1 saturated heterocycles. The van der Waals surface area contributed by atoms with Gasteiger partial charge < -0.3 is 20.3 Å². The molecule has 0 spiro atoms. The fraction of sp³-hybridized carbons (Fsp3) is 0.333. The second kappa shape index (κ2) is 12.3. The second-order valence-corrected chi connectivity index (χ2v) is 10.8. The van der Waals surface area contributed by atoms with E-state index in [0.717, 1.165) is 42.0 Å². The predicted octanol–water partition coefficient (Wildman–Crippen LogP) is 4.68. The molecular weight excluding hydrogens is 562 g/mol. The molecule has 4 rings (SSSR count). The first-order valence-electron chi connectivity index (χ1n) is 12.6. The fourth-order valence-corrected chi connectivity index (χ4v) is 4.63. The zero-order chi connectivity index (χ0) is 28.0. The van der Waals surface area contributed by atoms with Gasteiger partial charge in [-0.15, -0.1) is 0 Å². The van der Waals surface area contributed by atoms with Gasteiger partial charge >= 0.3 is 0 Å². The Balaban J connectivity index is 1.60. The van der Waals surface area contributed by atoms with E-state index in [1.165, 1.54) is 12.4 Å². The molecule has 1 fully saturated rings. The van der Waals surface area contributed by atoms with Crippen LogP contribution in [0.3, 0.4) is 0 Å². The Morgan fingerprint density at radius 3 is 2.41 bits per heavy atom. The van der Waals surface area contributed by atoms with Crippen molar-refractivity contribution in [2.24, 2.45) is 0 Å². The average Bonchev–Trinajstić information content (AvgIpc) is 2.91. The van der Waals surface area contributed by atoms with Crippen molar-refractivity contribution in [3.63, 3.8) is 0 Å². The molecule has 11 nitrogen and oxygen atoms in total. The van der Waals surface area contributed by atoms with Gasteiger partial charge in [0.15, 0.2) is 0 Å². The molecule has 0 radical (unpaired) electrons. The van der Waals surface area contributed by atoms with E-state index in [2.05, 4.69) is 89.5 Å². The minimum absolute atomic E-state index is 0.103. The number of rotatable bonds is 9. The average molecular weight is 597 g/mol. The largest absolute Gasteiger partial charge is 0.494 e. The maximum Gasteiger partial charge on any atom is 0.261 e. The van der Waals surface area contributed by atoms with E-state index < -0.39 is 0 Å². The number of methoxy groups -OCH3 is 1. The van der Waals surface area contributed by atoms with E-state index in [1.807, 2.05) is 36.4 Å². The van der Waals surface area contributed by atoms with Crippen molar-refractivity contribution in [1.29, 1.82) is 0 Å². The molecule has 2 aromatic carbocycles. The van der Waals surface area contributed by atoms with Crippen LogP contribution in [0.4, 0.5) is 34.6 Å². The molecule has 4 N–H and O–H groups in total. The number of anilines is 6. The highest BCUT2D eigenvalue weighted by molar-refractivity contribution is 9.10. The van der Waals surface area contributed by atoms with Gasteiger partial charge in [0, 0.05) is 47.9 Å². The van der Waals surface area contributed by atoms with E-state index in [1.54, 1.807) is 7.11 Å². The Labute approximate surface area is 237 Å². The molecule has 0 saturated carbocycles. The summed E-state index contributed by atoms with van der Waals surface area (Å²) in [6, 6.07) is 11.5. The molecule has 0 bridgehead atoms. The van der Waals surface area contributed by atoms with Gasteiger partial charge in [0.1, 0.15) is 12.1 Å². The van der Waals surface area contributed by atoms with E-state index in [-0.39, 0.29) is 11.4 Å². The van der Waals surface area contributed by atoms with Gasteiger partial charge in [0.05, 0.1) is 24.2 Å². The standard InChI is InChI=1S/C27H34BrN9O2/c1-6-24(38)35-34-20-15-21(23(39-5)16-22(20)36-10-12-37(13-11-36)27(2,3)4)32-26-30-17-29-25(33-26)31-19-9-7-8-18(28)14-19/h6-9,14-17,34H,1,10-13H2,2-5H3,(H,35,38)(H2,29,30,31,32,33). The molecule has 0 aliphatic carbocycles. The molecule has 0 atom stereocenters. The molecule has 2 heterocycles. The number of amides is 1. The Bertz CT molecular complexity index is 1320. The number of ether oxygens (including phenoxy) is 1. The van der Waals surface area contributed by atoms with Crippen LogP contribution in [0.5, 0.6) is 5.75 Å². The summed E-state index contributed by atoms with van der Waals surface area (Å²) >= 11 is 3.47. The van der Waals surface area contributed by atoms with Crippen LogP contribution in [0.15, 0.2) is 59.9 Å². The molecule has 1 aromatic heterocycles. The molecule has 39 heavy (non-hydrogen) atoms. The number of hydrogen-bond acceptors (Lipinski definition) is 10.